The fourth-order valence-electron chi connectivity index (χ4n) is 1.97. The van der Waals surface area contributed by atoms with E-state index in [1.807, 2.05) is 36.4 Å². The molecule has 1 aliphatic heterocycles. The van der Waals surface area contributed by atoms with E-state index >= 15 is 0 Å². The number of rotatable bonds is 3. The molecule has 0 N–H and O–H groups in total. The van der Waals surface area contributed by atoms with Crippen molar-refractivity contribution in [3.8, 4) is 11.3 Å². The summed E-state index contributed by atoms with van der Waals surface area (Å²) in [5.41, 5.74) is 2.09. The van der Waals surface area contributed by atoms with Gasteiger partial charge in [0.2, 0.25) is 5.91 Å². The summed E-state index contributed by atoms with van der Waals surface area (Å²) in [6.45, 7) is 0.548. The Morgan fingerprint density at radius 1 is 1.25 bits per heavy atom. The van der Waals surface area contributed by atoms with Gasteiger partial charge in [0, 0.05) is 23.9 Å². The number of nitrogens with zero attached hydrogens (tertiary/aromatic N) is 1. The number of benzene rings is 1. The van der Waals surface area contributed by atoms with Gasteiger partial charge in [0.1, 0.15) is 5.76 Å². The highest BCUT2D eigenvalue weighted by atomic mass is 35.5. The molecule has 2 heterocycles. The molecule has 0 spiro atoms. The fourth-order valence-corrected chi connectivity index (χ4v) is 3.05. The van der Waals surface area contributed by atoms with Crippen LogP contribution < -0.4 is 0 Å². The largest absolute Gasteiger partial charge is 0.464 e. The minimum absolute atomic E-state index is 0.0783. The summed E-state index contributed by atoms with van der Waals surface area (Å²) in [5.74, 6) is 0.917. The van der Waals surface area contributed by atoms with Crippen LogP contribution >= 0.6 is 23.5 Å². The first-order valence-electron chi connectivity index (χ1n) is 6.19. The van der Waals surface area contributed by atoms with E-state index in [1.54, 1.807) is 16.6 Å². The lowest BCUT2D eigenvalue weighted by Crippen LogP contribution is -2.25. The van der Waals surface area contributed by atoms with Crippen LogP contribution in [0.4, 0.5) is 0 Å². The van der Waals surface area contributed by atoms with Crippen molar-refractivity contribution < 1.29 is 9.21 Å². The average Bonchev–Trinajstić information content (AvgIpc) is 2.98. The van der Waals surface area contributed by atoms with Gasteiger partial charge in [-0.3, -0.25) is 9.10 Å². The molecule has 3 rings (SSSR count). The van der Waals surface area contributed by atoms with Crippen molar-refractivity contribution >= 4 is 29.5 Å². The maximum atomic E-state index is 11.8. The molecule has 5 heteroatoms. The molecule has 0 radical (unpaired) electrons. The third-order valence-electron chi connectivity index (χ3n) is 3.00. The van der Waals surface area contributed by atoms with Gasteiger partial charge in [-0.05, 0) is 23.8 Å². The van der Waals surface area contributed by atoms with Crippen LogP contribution in [-0.4, -0.2) is 10.2 Å². The Balaban J connectivity index is 1.72. The van der Waals surface area contributed by atoms with Crippen molar-refractivity contribution in [2.45, 2.75) is 13.0 Å². The van der Waals surface area contributed by atoms with E-state index in [9.17, 15) is 4.79 Å². The Bertz CT molecular complexity index is 634. The number of carbonyl (C=O) groups excluding carboxylic acids is 1. The summed E-state index contributed by atoms with van der Waals surface area (Å²) in [6, 6.07) is 11.8. The highest BCUT2D eigenvalue weighted by Gasteiger charge is 2.19. The van der Waals surface area contributed by atoms with Crippen LogP contribution in [0.5, 0.6) is 0 Å². The van der Waals surface area contributed by atoms with Crippen LogP contribution in [0.1, 0.15) is 12.0 Å². The minimum Gasteiger partial charge on any atom is -0.464 e. The van der Waals surface area contributed by atoms with Gasteiger partial charge in [-0.15, -0.1) is 0 Å². The predicted molar refractivity (Wildman–Crippen MR) is 80.8 cm³/mol. The Labute approximate surface area is 126 Å². The van der Waals surface area contributed by atoms with Crippen LogP contribution in [0.3, 0.4) is 0 Å². The lowest BCUT2D eigenvalue weighted by molar-refractivity contribution is -0.125. The van der Waals surface area contributed by atoms with Crippen LogP contribution in [0.25, 0.3) is 11.3 Å². The first-order chi connectivity index (χ1) is 9.72. The fraction of sp³-hybridized carbons (Fsp3) is 0.133. The number of hydrogen-bond donors (Lipinski definition) is 0. The van der Waals surface area contributed by atoms with Gasteiger partial charge in [-0.2, -0.15) is 0 Å². The van der Waals surface area contributed by atoms with Crippen molar-refractivity contribution in [2.24, 2.45) is 0 Å². The Morgan fingerprint density at radius 2 is 2.05 bits per heavy atom. The number of amides is 1. The van der Waals surface area contributed by atoms with Crippen molar-refractivity contribution in [3.63, 3.8) is 0 Å². The summed E-state index contributed by atoms with van der Waals surface area (Å²) in [4.78, 5) is 11.8. The molecular weight excluding hydrogens is 294 g/mol. The van der Waals surface area contributed by atoms with E-state index in [-0.39, 0.29) is 5.91 Å². The first kappa shape index (κ1) is 13.3. The predicted octanol–water partition coefficient (Wildman–Crippen LogP) is 4.41. The molecule has 3 nitrogen and oxygen atoms in total. The molecule has 0 atom stereocenters. The van der Waals surface area contributed by atoms with Gasteiger partial charge in [-0.1, -0.05) is 35.9 Å². The van der Waals surface area contributed by atoms with Crippen molar-refractivity contribution in [1.29, 1.82) is 0 Å². The molecule has 20 heavy (non-hydrogen) atoms. The van der Waals surface area contributed by atoms with E-state index < -0.39 is 0 Å². The smallest absolute Gasteiger partial charge is 0.236 e. The molecular formula is C15H12ClNO2S. The van der Waals surface area contributed by atoms with Crippen LogP contribution in [0.2, 0.25) is 0 Å². The molecule has 1 aliphatic rings. The molecule has 0 unspecified atom stereocenters. The maximum Gasteiger partial charge on any atom is 0.236 e. The SMILES string of the molecule is O=C1CC=C(Cl)SN1Cc1ccc(-c2ccco2)cc1. The molecule has 102 valence electrons. The molecule has 0 saturated carbocycles. The minimum atomic E-state index is 0.0783. The van der Waals surface area contributed by atoms with Crippen molar-refractivity contribution in [3.05, 3.63) is 58.7 Å². The summed E-state index contributed by atoms with van der Waals surface area (Å²) >= 11 is 7.24. The van der Waals surface area contributed by atoms with Gasteiger partial charge in [0.05, 0.1) is 17.2 Å². The third kappa shape index (κ3) is 2.92. The highest BCUT2D eigenvalue weighted by molar-refractivity contribution is 8.02. The molecule has 2 aromatic rings. The molecule has 1 aromatic heterocycles. The number of furan rings is 1. The number of halogens is 1. The molecule has 1 amide bonds. The normalized spacial score (nSPS) is 15.3. The Kier molecular flexibility index (Phi) is 3.85. The standard InChI is InChI=1S/C15H12ClNO2S/c16-14-7-8-15(18)17(20-14)10-11-3-5-12(6-4-11)13-2-1-9-19-13/h1-7,9H,8,10H2. The van der Waals surface area contributed by atoms with E-state index in [0.717, 1.165) is 16.9 Å². The van der Waals surface area contributed by atoms with Gasteiger partial charge in [0.25, 0.3) is 0 Å². The molecule has 0 aliphatic carbocycles. The summed E-state index contributed by atoms with van der Waals surface area (Å²) in [5, 5.41) is 0. The van der Waals surface area contributed by atoms with Crippen LogP contribution in [0, 0.1) is 0 Å². The monoisotopic (exact) mass is 305 g/mol. The van der Waals surface area contributed by atoms with Gasteiger partial charge in [0.15, 0.2) is 0 Å². The van der Waals surface area contributed by atoms with E-state index in [0.29, 0.717) is 17.3 Å². The number of hydrogen-bond acceptors (Lipinski definition) is 3. The topological polar surface area (TPSA) is 33.5 Å². The van der Waals surface area contributed by atoms with Gasteiger partial charge < -0.3 is 4.42 Å². The van der Waals surface area contributed by atoms with E-state index in [2.05, 4.69) is 0 Å². The second kappa shape index (κ2) is 5.77. The van der Waals surface area contributed by atoms with E-state index in [4.69, 9.17) is 16.0 Å². The average molecular weight is 306 g/mol. The quantitative estimate of drug-likeness (QED) is 0.788. The number of carbonyl (C=O) groups is 1. The lowest BCUT2D eigenvalue weighted by Gasteiger charge is -2.23. The van der Waals surface area contributed by atoms with Crippen LogP contribution in [-0.2, 0) is 11.3 Å². The zero-order valence-electron chi connectivity index (χ0n) is 10.6. The Hall–Kier alpha value is -1.65. The second-order valence-electron chi connectivity index (χ2n) is 4.41. The molecule has 0 saturated heterocycles. The maximum absolute atomic E-state index is 11.8. The van der Waals surface area contributed by atoms with Crippen molar-refractivity contribution in [1.82, 2.24) is 4.31 Å². The Morgan fingerprint density at radius 3 is 2.75 bits per heavy atom. The highest BCUT2D eigenvalue weighted by Crippen LogP contribution is 2.32. The zero-order valence-corrected chi connectivity index (χ0v) is 12.2. The molecule has 0 bridgehead atoms. The summed E-state index contributed by atoms with van der Waals surface area (Å²) in [7, 11) is 0. The summed E-state index contributed by atoms with van der Waals surface area (Å²) < 4.78 is 7.68. The lowest BCUT2D eigenvalue weighted by atomic mass is 10.1. The van der Waals surface area contributed by atoms with Crippen molar-refractivity contribution in [2.75, 3.05) is 0 Å². The third-order valence-corrected chi connectivity index (χ3v) is 4.25. The first-order valence-corrected chi connectivity index (χ1v) is 7.34. The second-order valence-corrected chi connectivity index (χ2v) is 6.10. The molecule has 1 aromatic carbocycles. The van der Waals surface area contributed by atoms with Crippen LogP contribution in [0.15, 0.2) is 57.5 Å². The van der Waals surface area contributed by atoms with E-state index in [1.165, 1.54) is 11.9 Å². The summed E-state index contributed by atoms with van der Waals surface area (Å²) in [6.07, 6.45) is 3.77. The van der Waals surface area contributed by atoms with Gasteiger partial charge >= 0.3 is 0 Å². The zero-order chi connectivity index (χ0) is 13.9. The van der Waals surface area contributed by atoms with Gasteiger partial charge in [-0.25, -0.2) is 0 Å². The molecule has 0 fully saturated rings.